The molecular formula is C15H23N3S2. The molecule has 0 aliphatic rings. The van der Waals surface area contributed by atoms with Gasteiger partial charge in [0.05, 0.1) is 21.4 Å². The molecule has 2 heterocycles. The van der Waals surface area contributed by atoms with Gasteiger partial charge in [-0.1, -0.05) is 27.7 Å². The minimum absolute atomic E-state index is 0.473. The highest BCUT2D eigenvalue weighted by Crippen LogP contribution is 2.27. The minimum Gasteiger partial charge on any atom is -0.310 e. The van der Waals surface area contributed by atoms with Crippen LogP contribution in [0.5, 0.6) is 0 Å². The fourth-order valence-electron chi connectivity index (χ4n) is 2.01. The highest BCUT2D eigenvalue weighted by Gasteiger charge is 2.15. The molecule has 20 heavy (non-hydrogen) atoms. The molecular weight excluding hydrogens is 286 g/mol. The maximum absolute atomic E-state index is 4.84. The second-order valence-corrected chi connectivity index (χ2v) is 7.87. The Balaban J connectivity index is 2.15. The number of hydrogen-bond acceptors (Lipinski definition) is 5. The summed E-state index contributed by atoms with van der Waals surface area (Å²) in [5.41, 5.74) is 2.38. The van der Waals surface area contributed by atoms with Crippen molar-refractivity contribution >= 4 is 22.7 Å². The molecule has 0 aliphatic heterocycles. The van der Waals surface area contributed by atoms with E-state index in [4.69, 9.17) is 4.98 Å². The average Bonchev–Trinajstić information content (AvgIpc) is 2.94. The number of nitrogens with one attached hydrogen (secondary N) is 1. The Morgan fingerprint density at radius 3 is 2.50 bits per heavy atom. The Labute approximate surface area is 129 Å². The molecule has 2 aromatic heterocycles. The van der Waals surface area contributed by atoms with Crippen molar-refractivity contribution < 1.29 is 0 Å². The molecule has 0 saturated heterocycles. The first-order valence-corrected chi connectivity index (χ1v) is 8.78. The molecule has 0 spiro atoms. The summed E-state index contributed by atoms with van der Waals surface area (Å²) in [7, 11) is 0. The molecule has 0 unspecified atom stereocenters. The molecule has 2 aromatic rings. The van der Waals surface area contributed by atoms with Crippen LogP contribution in [-0.2, 0) is 13.0 Å². The van der Waals surface area contributed by atoms with Gasteiger partial charge in [0.25, 0.3) is 0 Å². The van der Waals surface area contributed by atoms with Crippen LogP contribution in [0.1, 0.15) is 59.9 Å². The van der Waals surface area contributed by atoms with Crippen LogP contribution < -0.4 is 5.32 Å². The zero-order valence-electron chi connectivity index (χ0n) is 12.9. The van der Waals surface area contributed by atoms with E-state index in [1.807, 2.05) is 18.3 Å². The summed E-state index contributed by atoms with van der Waals surface area (Å²) < 4.78 is 0. The van der Waals surface area contributed by atoms with E-state index in [-0.39, 0.29) is 0 Å². The second-order valence-electron chi connectivity index (χ2n) is 5.64. The van der Waals surface area contributed by atoms with E-state index in [1.165, 1.54) is 15.6 Å². The molecule has 0 atom stereocenters. The number of aryl methyl sites for hydroxylation is 1. The van der Waals surface area contributed by atoms with Crippen LogP contribution in [0, 0.1) is 6.92 Å². The summed E-state index contributed by atoms with van der Waals surface area (Å²) in [6, 6.07) is 0.502. The third-order valence-electron chi connectivity index (χ3n) is 2.99. The van der Waals surface area contributed by atoms with E-state index in [0.29, 0.717) is 12.0 Å². The van der Waals surface area contributed by atoms with Gasteiger partial charge in [-0.05, 0) is 12.8 Å². The van der Waals surface area contributed by atoms with Gasteiger partial charge in [-0.25, -0.2) is 9.97 Å². The van der Waals surface area contributed by atoms with Gasteiger partial charge in [-0.3, -0.25) is 0 Å². The lowest BCUT2D eigenvalue weighted by molar-refractivity contribution is 0.588. The van der Waals surface area contributed by atoms with E-state index in [9.17, 15) is 0 Å². The standard InChI is InChI=1S/C15H23N3S2/c1-9(2)15-13(7-16-10(3)4)20-14(18-15)6-12-8-19-11(5)17-12/h8-10,16H,6-7H2,1-5H3. The summed E-state index contributed by atoms with van der Waals surface area (Å²) >= 11 is 3.53. The van der Waals surface area contributed by atoms with Gasteiger partial charge < -0.3 is 5.32 Å². The van der Waals surface area contributed by atoms with Crippen molar-refractivity contribution in [2.45, 2.75) is 59.5 Å². The van der Waals surface area contributed by atoms with Crippen LogP contribution >= 0.6 is 22.7 Å². The fraction of sp³-hybridized carbons (Fsp3) is 0.600. The molecule has 3 nitrogen and oxygen atoms in total. The van der Waals surface area contributed by atoms with Crippen molar-refractivity contribution in [3.8, 4) is 0 Å². The van der Waals surface area contributed by atoms with Gasteiger partial charge >= 0.3 is 0 Å². The molecule has 0 radical (unpaired) electrons. The quantitative estimate of drug-likeness (QED) is 0.872. The number of thiazole rings is 2. The first-order valence-electron chi connectivity index (χ1n) is 7.08. The fourth-order valence-corrected chi connectivity index (χ4v) is 3.81. The Hall–Kier alpha value is -0.780. The zero-order chi connectivity index (χ0) is 14.7. The van der Waals surface area contributed by atoms with Crippen molar-refractivity contribution in [3.63, 3.8) is 0 Å². The van der Waals surface area contributed by atoms with E-state index in [1.54, 1.807) is 11.3 Å². The molecule has 0 aromatic carbocycles. The minimum atomic E-state index is 0.473. The topological polar surface area (TPSA) is 37.8 Å². The zero-order valence-corrected chi connectivity index (χ0v) is 14.5. The molecule has 1 N–H and O–H groups in total. The Morgan fingerprint density at radius 2 is 1.95 bits per heavy atom. The van der Waals surface area contributed by atoms with Gasteiger partial charge in [0.2, 0.25) is 0 Å². The van der Waals surface area contributed by atoms with Gasteiger partial charge in [-0.2, -0.15) is 0 Å². The largest absolute Gasteiger partial charge is 0.310 e. The average molecular weight is 310 g/mol. The predicted molar refractivity (Wildman–Crippen MR) is 87.8 cm³/mol. The van der Waals surface area contributed by atoms with Crippen molar-refractivity contribution in [1.29, 1.82) is 0 Å². The first kappa shape index (κ1) is 15.6. The number of hydrogen-bond donors (Lipinski definition) is 1. The summed E-state index contributed by atoms with van der Waals surface area (Å²) in [5.74, 6) is 0.473. The van der Waals surface area contributed by atoms with Gasteiger partial charge in [0.15, 0.2) is 0 Å². The van der Waals surface area contributed by atoms with Crippen molar-refractivity contribution in [2.24, 2.45) is 0 Å². The first-order chi connectivity index (χ1) is 9.45. The lowest BCUT2D eigenvalue weighted by atomic mass is 10.1. The Bertz CT molecular complexity index is 555. The van der Waals surface area contributed by atoms with Gasteiger partial charge in [0, 0.05) is 29.3 Å². The maximum Gasteiger partial charge on any atom is 0.0991 e. The highest BCUT2D eigenvalue weighted by molar-refractivity contribution is 7.11. The van der Waals surface area contributed by atoms with Gasteiger partial charge in [0.1, 0.15) is 0 Å². The van der Waals surface area contributed by atoms with E-state index < -0.39 is 0 Å². The van der Waals surface area contributed by atoms with Crippen molar-refractivity contribution in [2.75, 3.05) is 0 Å². The van der Waals surface area contributed by atoms with Crippen LogP contribution in [-0.4, -0.2) is 16.0 Å². The molecule has 0 amide bonds. The molecule has 0 aliphatic carbocycles. The van der Waals surface area contributed by atoms with E-state index >= 15 is 0 Å². The number of nitrogens with zero attached hydrogens (tertiary/aromatic N) is 2. The summed E-state index contributed by atoms with van der Waals surface area (Å²) in [5, 5.41) is 7.94. The SMILES string of the molecule is Cc1nc(Cc2nc(C(C)C)c(CNC(C)C)s2)cs1. The smallest absolute Gasteiger partial charge is 0.0991 e. The molecule has 0 saturated carbocycles. The van der Waals surface area contributed by atoms with E-state index in [2.05, 4.69) is 43.4 Å². The monoisotopic (exact) mass is 309 g/mol. The van der Waals surface area contributed by atoms with Gasteiger partial charge in [-0.15, -0.1) is 22.7 Å². The highest BCUT2D eigenvalue weighted by atomic mass is 32.1. The van der Waals surface area contributed by atoms with Crippen LogP contribution in [0.4, 0.5) is 0 Å². The summed E-state index contributed by atoms with van der Waals surface area (Å²) in [6.07, 6.45) is 0.858. The molecule has 0 bridgehead atoms. The van der Waals surface area contributed by atoms with Crippen LogP contribution in [0.3, 0.4) is 0 Å². The molecule has 110 valence electrons. The summed E-state index contributed by atoms with van der Waals surface area (Å²) in [6.45, 7) is 11.7. The Kier molecular flexibility index (Phi) is 5.29. The third-order valence-corrected chi connectivity index (χ3v) is 4.88. The normalized spacial score (nSPS) is 11.8. The summed E-state index contributed by atoms with van der Waals surface area (Å²) in [4.78, 5) is 10.7. The van der Waals surface area contributed by atoms with Crippen LogP contribution in [0.25, 0.3) is 0 Å². The molecule has 5 heteroatoms. The van der Waals surface area contributed by atoms with E-state index in [0.717, 1.165) is 23.7 Å². The molecule has 0 fully saturated rings. The maximum atomic E-state index is 4.84. The second kappa shape index (κ2) is 6.78. The van der Waals surface area contributed by atoms with Crippen molar-refractivity contribution in [3.05, 3.63) is 31.7 Å². The number of aromatic nitrogens is 2. The van der Waals surface area contributed by atoms with Crippen LogP contribution in [0.2, 0.25) is 0 Å². The van der Waals surface area contributed by atoms with Crippen LogP contribution in [0.15, 0.2) is 5.38 Å². The number of rotatable bonds is 6. The van der Waals surface area contributed by atoms with Crippen molar-refractivity contribution in [1.82, 2.24) is 15.3 Å². The lowest BCUT2D eigenvalue weighted by Gasteiger charge is -2.09. The lowest BCUT2D eigenvalue weighted by Crippen LogP contribution is -2.22. The Morgan fingerprint density at radius 1 is 1.20 bits per heavy atom. The predicted octanol–water partition coefficient (Wildman–Crippen LogP) is 4.12. The third kappa shape index (κ3) is 4.11. The molecule has 2 rings (SSSR count).